The standard InChI is InChI=1S/C31H40Cl2N2O4/c1-20(38-28-7-3-5-24(32)18-28)30(36)34-26-13-9-22(10-14-26)17-23-11-15-27(16-12-23)35-31(37)21(2)39-29-8-4-6-25(33)19-29/h3-8,18-23,26-27H,9-17H2,1-2H3,(H,34,36)(H,35,37)/t20-,21-,22?,23?,26?,27?/m1/s1. The Morgan fingerprint density at radius 2 is 1.10 bits per heavy atom. The number of nitrogens with one attached hydrogen (secondary N) is 2. The first-order chi connectivity index (χ1) is 18.7. The number of benzene rings is 2. The van der Waals surface area contributed by atoms with Gasteiger partial charge in [-0.3, -0.25) is 9.59 Å². The van der Waals surface area contributed by atoms with Crippen molar-refractivity contribution in [1.82, 2.24) is 10.6 Å². The van der Waals surface area contributed by atoms with E-state index in [2.05, 4.69) is 10.6 Å². The normalized spacial score (nSPS) is 24.7. The molecule has 2 fully saturated rings. The lowest BCUT2D eigenvalue weighted by atomic mass is 9.75. The Labute approximate surface area is 242 Å². The van der Waals surface area contributed by atoms with Gasteiger partial charge in [-0.25, -0.2) is 0 Å². The van der Waals surface area contributed by atoms with Gasteiger partial charge in [0.25, 0.3) is 11.8 Å². The van der Waals surface area contributed by atoms with Crippen LogP contribution in [-0.4, -0.2) is 36.1 Å². The quantitative estimate of drug-likeness (QED) is 0.321. The van der Waals surface area contributed by atoms with E-state index in [4.69, 9.17) is 32.7 Å². The van der Waals surface area contributed by atoms with Crippen LogP contribution in [0.4, 0.5) is 0 Å². The van der Waals surface area contributed by atoms with Crippen molar-refractivity contribution in [2.45, 2.75) is 95.9 Å². The molecule has 212 valence electrons. The molecule has 0 spiro atoms. The molecule has 0 radical (unpaired) electrons. The summed E-state index contributed by atoms with van der Waals surface area (Å²) in [6.45, 7) is 3.54. The van der Waals surface area contributed by atoms with E-state index in [9.17, 15) is 9.59 Å². The monoisotopic (exact) mass is 574 g/mol. The summed E-state index contributed by atoms with van der Waals surface area (Å²) in [4.78, 5) is 25.3. The largest absolute Gasteiger partial charge is 0.481 e. The molecule has 39 heavy (non-hydrogen) atoms. The highest BCUT2D eigenvalue weighted by atomic mass is 35.5. The predicted molar refractivity (Wildman–Crippen MR) is 155 cm³/mol. The molecule has 8 heteroatoms. The second-order valence-electron chi connectivity index (χ2n) is 11.1. The molecule has 2 N–H and O–H groups in total. The third kappa shape index (κ3) is 9.32. The van der Waals surface area contributed by atoms with Gasteiger partial charge in [0.1, 0.15) is 11.5 Å². The molecule has 0 aliphatic heterocycles. The van der Waals surface area contributed by atoms with Gasteiger partial charge in [-0.05, 0) is 120 Å². The summed E-state index contributed by atoms with van der Waals surface area (Å²) in [5.41, 5.74) is 0. The molecule has 0 bridgehead atoms. The second kappa shape index (κ2) is 14.3. The van der Waals surface area contributed by atoms with Gasteiger partial charge in [0.05, 0.1) is 0 Å². The van der Waals surface area contributed by atoms with Crippen molar-refractivity contribution in [3.63, 3.8) is 0 Å². The smallest absolute Gasteiger partial charge is 0.260 e. The third-order valence-electron chi connectivity index (χ3n) is 8.01. The minimum absolute atomic E-state index is 0.0777. The summed E-state index contributed by atoms with van der Waals surface area (Å²) in [6.07, 6.45) is 8.72. The van der Waals surface area contributed by atoms with E-state index in [1.54, 1.807) is 50.2 Å². The molecule has 2 aromatic rings. The van der Waals surface area contributed by atoms with Crippen LogP contribution in [0.1, 0.15) is 71.6 Å². The summed E-state index contributed by atoms with van der Waals surface area (Å²) in [6, 6.07) is 14.6. The lowest BCUT2D eigenvalue weighted by Gasteiger charge is -2.35. The van der Waals surface area contributed by atoms with Gasteiger partial charge in [-0.2, -0.15) is 0 Å². The zero-order chi connectivity index (χ0) is 27.8. The summed E-state index contributed by atoms with van der Waals surface area (Å²) >= 11 is 12.0. The van der Waals surface area contributed by atoms with E-state index >= 15 is 0 Å². The van der Waals surface area contributed by atoms with Gasteiger partial charge in [0, 0.05) is 22.1 Å². The van der Waals surface area contributed by atoms with Crippen molar-refractivity contribution >= 4 is 35.0 Å². The highest BCUT2D eigenvalue weighted by Gasteiger charge is 2.29. The Kier molecular flexibility index (Phi) is 10.8. The zero-order valence-corrected chi connectivity index (χ0v) is 24.3. The average molecular weight is 576 g/mol. The molecule has 4 rings (SSSR count). The van der Waals surface area contributed by atoms with Crippen LogP contribution in [-0.2, 0) is 9.59 Å². The van der Waals surface area contributed by atoms with Crippen molar-refractivity contribution in [2.24, 2.45) is 11.8 Å². The summed E-state index contributed by atoms with van der Waals surface area (Å²) in [5, 5.41) is 7.53. The van der Waals surface area contributed by atoms with Crippen LogP contribution in [0.3, 0.4) is 0 Å². The van der Waals surface area contributed by atoms with Crippen LogP contribution in [0.5, 0.6) is 11.5 Å². The maximum Gasteiger partial charge on any atom is 0.260 e. The van der Waals surface area contributed by atoms with Crippen LogP contribution in [0.15, 0.2) is 48.5 Å². The Morgan fingerprint density at radius 3 is 1.46 bits per heavy atom. The molecular formula is C31H40Cl2N2O4. The number of hydrogen-bond acceptors (Lipinski definition) is 4. The first kappa shape index (κ1) is 29.5. The summed E-state index contributed by atoms with van der Waals surface area (Å²) in [5.74, 6) is 2.46. The molecule has 2 aliphatic rings. The highest BCUT2D eigenvalue weighted by molar-refractivity contribution is 6.31. The van der Waals surface area contributed by atoms with E-state index in [0.717, 1.165) is 51.4 Å². The first-order valence-corrected chi connectivity index (χ1v) is 15.0. The molecule has 2 atom stereocenters. The lowest BCUT2D eigenvalue weighted by Crippen LogP contribution is -2.44. The number of carbonyl (C=O) groups excluding carboxylic acids is 2. The number of ether oxygens (including phenoxy) is 2. The summed E-state index contributed by atoms with van der Waals surface area (Å²) < 4.78 is 11.5. The van der Waals surface area contributed by atoms with Gasteiger partial charge in [-0.15, -0.1) is 0 Å². The summed E-state index contributed by atoms with van der Waals surface area (Å²) in [7, 11) is 0. The second-order valence-corrected chi connectivity index (χ2v) is 12.0. The van der Waals surface area contributed by atoms with Crippen LogP contribution < -0.4 is 20.1 Å². The van der Waals surface area contributed by atoms with E-state index in [1.165, 1.54) is 6.42 Å². The fraction of sp³-hybridized carbons (Fsp3) is 0.548. The van der Waals surface area contributed by atoms with E-state index in [0.29, 0.717) is 33.4 Å². The SMILES string of the molecule is C[C@@H](Oc1cccc(Cl)c1)C(=O)NC1CCC(CC2CCC(NC(=O)[C@@H](C)Oc3cccc(Cl)c3)CC2)CC1. The van der Waals surface area contributed by atoms with Crippen LogP contribution in [0, 0.1) is 11.8 Å². The van der Waals surface area contributed by atoms with Gasteiger partial charge in [-0.1, -0.05) is 35.3 Å². The van der Waals surface area contributed by atoms with Crippen molar-refractivity contribution in [1.29, 1.82) is 0 Å². The third-order valence-corrected chi connectivity index (χ3v) is 8.48. The van der Waals surface area contributed by atoms with E-state index in [-0.39, 0.29) is 23.9 Å². The topological polar surface area (TPSA) is 76.7 Å². The fourth-order valence-corrected chi connectivity index (χ4v) is 6.15. The number of amides is 2. The van der Waals surface area contributed by atoms with Crippen LogP contribution >= 0.6 is 23.2 Å². The molecule has 2 aromatic carbocycles. The van der Waals surface area contributed by atoms with Crippen LogP contribution in [0.2, 0.25) is 10.0 Å². The molecule has 0 heterocycles. The minimum Gasteiger partial charge on any atom is -0.481 e. The molecule has 0 unspecified atom stereocenters. The minimum atomic E-state index is -0.566. The maximum atomic E-state index is 12.6. The average Bonchev–Trinajstić information content (AvgIpc) is 2.91. The molecule has 0 aromatic heterocycles. The van der Waals surface area contributed by atoms with E-state index < -0.39 is 12.2 Å². The van der Waals surface area contributed by atoms with Crippen molar-refractivity contribution < 1.29 is 19.1 Å². The maximum absolute atomic E-state index is 12.6. The predicted octanol–water partition coefficient (Wildman–Crippen LogP) is 6.97. The number of rotatable bonds is 10. The molecule has 2 saturated carbocycles. The van der Waals surface area contributed by atoms with Crippen molar-refractivity contribution in [3.05, 3.63) is 58.6 Å². The Hall–Kier alpha value is -2.44. The van der Waals surface area contributed by atoms with Gasteiger partial charge in [0.2, 0.25) is 0 Å². The highest BCUT2D eigenvalue weighted by Crippen LogP contribution is 2.35. The zero-order valence-electron chi connectivity index (χ0n) is 22.8. The Bertz CT molecular complexity index is 1010. The first-order valence-electron chi connectivity index (χ1n) is 14.2. The van der Waals surface area contributed by atoms with Crippen LogP contribution in [0.25, 0.3) is 0 Å². The Morgan fingerprint density at radius 1 is 0.718 bits per heavy atom. The molecule has 2 aliphatic carbocycles. The van der Waals surface area contributed by atoms with Crippen molar-refractivity contribution in [2.75, 3.05) is 0 Å². The number of halogens is 2. The Balaban J connectivity index is 1.11. The van der Waals surface area contributed by atoms with E-state index in [1.807, 2.05) is 12.1 Å². The molecule has 0 saturated heterocycles. The number of hydrogen-bond donors (Lipinski definition) is 2. The number of carbonyl (C=O) groups is 2. The molecule has 2 amide bonds. The molecule has 6 nitrogen and oxygen atoms in total. The lowest BCUT2D eigenvalue weighted by molar-refractivity contribution is -0.128. The van der Waals surface area contributed by atoms with Gasteiger partial charge < -0.3 is 20.1 Å². The van der Waals surface area contributed by atoms with Gasteiger partial charge in [0.15, 0.2) is 12.2 Å². The van der Waals surface area contributed by atoms with Crippen molar-refractivity contribution in [3.8, 4) is 11.5 Å². The van der Waals surface area contributed by atoms with Gasteiger partial charge >= 0.3 is 0 Å². The molecular weight excluding hydrogens is 535 g/mol. The fourth-order valence-electron chi connectivity index (χ4n) is 5.79.